The molecule has 0 atom stereocenters. The molecule has 0 fully saturated rings. The van der Waals surface area contributed by atoms with Crippen LogP contribution < -0.4 is 5.73 Å². The molecule has 84 valence electrons. The summed E-state index contributed by atoms with van der Waals surface area (Å²) in [5, 5.41) is 0. The Morgan fingerprint density at radius 3 is 2.80 bits per heavy atom. The Bertz CT molecular complexity index is 312. The van der Waals surface area contributed by atoms with E-state index in [2.05, 4.69) is 11.8 Å². The van der Waals surface area contributed by atoms with E-state index in [0.29, 0.717) is 12.1 Å². The first-order chi connectivity index (χ1) is 7.15. The number of anilines is 1. The third kappa shape index (κ3) is 3.51. The maximum atomic E-state index is 13.5. The SMILES string of the molecule is CCCCN(C)Cc1cccc(N)c1F. The van der Waals surface area contributed by atoms with Crippen LogP contribution in [-0.2, 0) is 6.54 Å². The van der Waals surface area contributed by atoms with E-state index in [1.807, 2.05) is 7.05 Å². The van der Waals surface area contributed by atoms with E-state index >= 15 is 0 Å². The topological polar surface area (TPSA) is 29.3 Å². The number of benzene rings is 1. The molecule has 0 bridgehead atoms. The van der Waals surface area contributed by atoms with E-state index in [4.69, 9.17) is 5.73 Å². The number of nitrogen functional groups attached to an aromatic ring is 1. The van der Waals surface area contributed by atoms with Crippen LogP contribution in [0.5, 0.6) is 0 Å². The quantitative estimate of drug-likeness (QED) is 0.757. The van der Waals surface area contributed by atoms with Crippen LogP contribution in [0.4, 0.5) is 10.1 Å². The smallest absolute Gasteiger partial charge is 0.150 e. The van der Waals surface area contributed by atoms with E-state index in [1.54, 1.807) is 18.2 Å². The zero-order chi connectivity index (χ0) is 11.3. The third-order valence-electron chi connectivity index (χ3n) is 2.44. The molecule has 1 aromatic rings. The van der Waals surface area contributed by atoms with Gasteiger partial charge in [0.1, 0.15) is 0 Å². The van der Waals surface area contributed by atoms with Crippen molar-refractivity contribution in [1.29, 1.82) is 0 Å². The predicted octanol–water partition coefficient (Wildman–Crippen LogP) is 2.64. The second kappa shape index (κ2) is 5.71. The summed E-state index contributed by atoms with van der Waals surface area (Å²) in [4.78, 5) is 2.11. The summed E-state index contributed by atoms with van der Waals surface area (Å²) in [5.74, 6) is -0.277. The Balaban J connectivity index is 2.60. The minimum atomic E-state index is -0.277. The summed E-state index contributed by atoms with van der Waals surface area (Å²) in [6.45, 7) is 3.76. The zero-order valence-corrected chi connectivity index (χ0v) is 9.46. The van der Waals surface area contributed by atoms with Gasteiger partial charge in [-0.05, 0) is 26.1 Å². The van der Waals surface area contributed by atoms with Gasteiger partial charge in [0.2, 0.25) is 0 Å². The largest absolute Gasteiger partial charge is 0.396 e. The highest BCUT2D eigenvalue weighted by Crippen LogP contribution is 2.16. The number of nitrogens with zero attached hydrogens (tertiary/aromatic N) is 1. The molecule has 0 aliphatic carbocycles. The molecular formula is C12H19FN2. The molecule has 0 amide bonds. The minimum absolute atomic E-state index is 0.233. The molecule has 0 saturated heterocycles. The number of hydrogen-bond acceptors (Lipinski definition) is 2. The van der Waals surface area contributed by atoms with Gasteiger partial charge < -0.3 is 10.6 Å². The molecule has 0 radical (unpaired) electrons. The first-order valence-corrected chi connectivity index (χ1v) is 5.36. The van der Waals surface area contributed by atoms with Crippen molar-refractivity contribution in [1.82, 2.24) is 4.90 Å². The average molecular weight is 210 g/mol. The maximum Gasteiger partial charge on any atom is 0.150 e. The Kier molecular flexibility index (Phi) is 4.56. The fraction of sp³-hybridized carbons (Fsp3) is 0.500. The van der Waals surface area contributed by atoms with Gasteiger partial charge in [-0.15, -0.1) is 0 Å². The fourth-order valence-electron chi connectivity index (χ4n) is 1.52. The molecule has 1 rings (SSSR count). The lowest BCUT2D eigenvalue weighted by Gasteiger charge is -2.16. The molecule has 0 spiro atoms. The molecule has 3 heteroatoms. The average Bonchev–Trinajstić information content (AvgIpc) is 2.22. The van der Waals surface area contributed by atoms with E-state index in [1.165, 1.54) is 0 Å². The van der Waals surface area contributed by atoms with Gasteiger partial charge in [0.15, 0.2) is 5.82 Å². The lowest BCUT2D eigenvalue weighted by atomic mass is 10.1. The van der Waals surface area contributed by atoms with Gasteiger partial charge in [0.05, 0.1) is 5.69 Å². The molecule has 0 heterocycles. The van der Waals surface area contributed by atoms with E-state index in [-0.39, 0.29) is 11.5 Å². The number of halogens is 1. The van der Waals surface area contributed by atoms with E-state index < -0.39 is 0 Å². The van der Waals surface area contributed by atoms with Crippen LogP contribution in [-0.4, -0.2) is 18.5 Å². The van der Waals surface area contributed by atoms with Gasteiger partial charge in [0.25, 0.3) is 0 Å². The van der Waals surface area contributed by atoms with E-state index in [0.717, 1.165) is 19.4 Å². The summed E-state index contributed by atoms with van der Waals surface area (Å²) in [5.41, 5.74) is 6.41. The standard InChI is InChI=1S/C12H19FN2/c1-3-4-8-15(2)9-10-6-5-7-11(14)12(10)13/h5-7H,3-4,8-9,14H2,1-2H3. The highest BCUT2D eigenvalue weighted by molar-refractivity contribution is 5.42. The summed E-state index contributed by atoms with van der Waals surface area (Å²) in [6.07, 6.45) is 2.30. The molecule has 0 aliphatic heterocycles. The van der Waals surface area contributed by atoms with Gasteiger partial charge in [0, 0.05) is 12.1 Å². The van der Waals surface area contributed by atoms with Gasteiger partial charge >= 0.3 is 0 Å². The van der Waals surface area contributed by atoms with Crippen LogP contribution >= 0.6 is 0 Å². The van der Waals surface area contributed by atoms with Crippen molar-refractivity contribution in [3.63, 3.8) is 0 Å². The Morgan fingerprint density at radius 2 is 2.13 bits per heavy atom. The number of rotatable bonds is 5. The van der Waals surface area contributed by atoms with Crippen molar-refractivity contribution in [2.75, 3.05) is 19.3 Å². The fourth-order valence-corrected chi connectivity index (χ4v) is 1.52. The molecule has 0 saturated carbocycles. The van der Waals surface area contributed by atoms with Gasteiger partial charge in [-0.1, -0.05) is 25.5 Å². The van der Waals surface area contributed by atoms with Crippen LogP contribution in [0.1, 0.15) is 25.3 Å². The van der Waals surface area contributed by atoms with Gasteiger partial charge in [-0.2, -0.15) is 0 Å². The zero-order valence-electron chi connectivity index (χ0n) is 9.46. The van der Waals surface area contributed by atoms with Crippen molar-refractivity contribution >= 4 is 5.69 Å². The number of unbranched alkanes of at least 4 members (excludes halogenated alkanes) is 1. The summed E-state index contributed by atoms with van der Waals surface area (Å²) in [7, 11) is 2.00. The minimum Gasteiger partial charge on any atom is -0.396 e. The Morgan fingerprint density at radius 1 is 1.40 bits per heavy atom. The molecule has 0 aromatic heterocycles. The molecular weight excluding hydrogens is 191 g/mol. The van der Waals surface area contributed by atoms with Crippen LogP contribution in [0.2, 0.25) is 0 Å². The molecule has 15 heavy (non-hydrogen) atoms. The maximum absolute atomic E-state index is 13.5. The summed E-state index contributed by atoms with van der Waals surface area (Å²) >= 11 is 0. The molecule has 0 unspecified atom stereocenters. The van der Waals surface area contributed by atoms with Crippen LogP contribution in [0, 0.1) is 5.82 Å². The van der Waals surface area contributed by atoms with Gasteiger partial charge in [-0.3, -0.25) is 0 Å². The van der Waals surface area contributed by atoms with Crippen molar-refractivity contribution < 1.29 is 4.39 Å². The first kappa shape index (κ1) is 12.0. The highest BCUT2D eigenvalue weighted by Gasteiger charge is 2.07. The molecule has 0 aliphatic rings. The lowest BCUT2D eigenvalue weighted by molar-refractivity contribution is 0.316. The predicted molar refractivity (Wildman–Crippen MR) is 62.1 cm³/mol. The summed E-state index contributed by atoms with van der Waals surface area (Å²) < 4.78 is 13.5. The van der Waals surface area contributed by atoms with Crippen molar-refractivity contribution in [2.45, 2.75) is 26.3 Å². The van der Waals surface area contributed by atoms with Crippen molar-refractivity contribution in [3.8, 4) is 0 Å². The van der Waals surface area contributed by atoms with Crippen LogP contribution in [0.15, 0.2) is 18.2 Å². The number of hydrogen-bond donors (Lipinski definition) is 1. The van der Waals surface area contributed by atoms with Crippen molar-refractivity contribution in [3.05, 3.63) is 29.6 Å². The summed E-state index contributed by atoms with van der Waals surface area (Å²) in [6, 6.07) is 5.17. The number of nitrogens with two attached hydrogens (primary N) is 1. The third-order valence-corrected chi connectivity index (χ3v) is 2.44. The normalized spacial score (nSPS) is 10.9. The van der Waals surface area contributed by atoms with Crippen molar-refractivity contribution in [2.24, 2.45) is 0 Å². The highest BCUT2D eigenvalue weighted by atomic mass is 19.1. The first-order valence-electron chi connectivity index (χ1n) is 5.36. The molecule has 2 nitrogen and oxygen atoms in total. The molecule has 1 aromatic carbocycles. The molecule has 2 N–H and O–H groups in total. The monoisotopic (exact) mass is 210 g/mol. The van der Waals surface area contributed by atoms with Crippen LogP contribution in [0.3, 0.4) is 0 Å². The second-order valence-electron chi connectivity index (χ2n) is 3.91. The van der Waals surface area contributed by atoms with Crippen LogP contribution in [0.25, 0.3) is 0 Å². The second-order valence-corrected chi connectivity index (χ2v) is 3.91. The lowest BCUT2D eigenvalue weighted by Crippen LogP contribution is -2.19. The Hall–Kier alpha value is -1.09. The van der Waals surface area contributed by atoms with Gasteiger partial charge in [-0.25, -0.2) is 4.39 Å². The Labute approximate surface area is 90.9 Å². The van der Waals surface area contributed by atoms with E-state index in [9.17, 15) is 4.39 Å².